The van der Waals surface area contributed by atoms with E-state index in [1.807, 2.05) is 48.5 Å². The second-order valence-corrected chi connectivity index (χ2v) is 16.9. The van der Waals surface area contributed by atoms with E-state index in [1.54, 1.807) is 0 Å². The van der Waals surface area contributed by atoms with Crippen molar-refractivity contribution in [3.63, 3.8) is 0 Å². The normalized spacial score (nSPS) is 18.7. The summed E-state index contributed by atoms with van der Waals surface area (Å²) < 4.78 is 12.4. The molecule has 4 aromatic carbocycles. The molecule has 0 aromatic heterocycles. The average molecular weight is 729 g/mol. The Morgan fingerprint density at radius 2 is 0.759 bits per heavy atom. The van der Waals surface area contributed by atoms with Crippen molar-refractivity contribution < 1.29 is 9.47 Å². The number of rotatable bonds is 20. The van der Waals surface area contributed by atoms with Crippen molar-refractivity contribution in [2.24, 2.45) is 17.8 Å². The lowest BCUT2D eigenvalue weighted by molar-refractivity contribution is 0.208. The zero-order chi connectivity index (χ0) is 37.4. The van der Waals surface area contributed by atoms with Crippen LogP contribution >= 0.6 is 0 Å². The summed E-state index contributed by atoms with van der Waals surface area (Å²) in [6, 6.07) is 32.9. The van der Waals surface area contributed by atoms with E-state index in [9.17, 15) is 0 Å². The lowest BCUT2D eigenvalue weighted by atomic mass is 9.62. The summed E-state index contributed by atoms with van der Waals surface area (Å²) in [5, 5.41) is 0. The molecule has 2 aliphatic rings. The van der Waals surface area contributed by atoms with E-state index in [-0.39, 0.29) is 5.41 Å². The fourth-order valence-corrected chi connectivity index (χ4v) is 9.43. The Bertz CT molecular complexity index is 1520. The van der Waals surface area contributed by atoms with Crippen LogP contribution in [0, 0.1) is 17.8 Å². The van der Waals surface area contributed by atoms with Gasteiger partial charge in [0.25, 0.3) is 0 Å². The molecule has 0 bridgehead atoms. The van der Waals surface area contributed by atoms with Crippen LogP contribution in [0.5, 0.6) is 23.0 Å². The molecule has 2 aliphatic carbocycles. The van der Waals surface area contributed by atoms with Gasteiger partial charge < -0.3 is 20.9 Å². The Balaban J connectivity index is 0.992. The number of anilines is 2. The Morgan fingerprint density at radius 3 is 1.17 bits per heavy atom. The number of nitrogens with two attached hydrogens (primary N) is 2. The minimum Gasteiger partial charge on any atom is -0.457 e. The largest absolute Gasteiger partial charge is 0.457 e. The molecule has 4 aromatic rings. The molecule has 290 valence electrons. The molecule has 2 saturated carbocycles. The van der Waals surface area contributed by atoms with Crippen LogP contribution in [0.2, 0.25) is 0 Å². The van der Waals surface area contributed by atoms with Crippen LogP contribution in [0.1, 0.15) is 153 Å². The molecule has 0 atom stereocenters. The van der Waals surface area contributed by atoms with Gasteiger partial charge in [-0.15, -0.1) is 0 Å². The highest BCUT2D eigenvalue weighted by Crippen LogP contribution is 2.49. The first-order chi connectivity index (χ1) is 26.5. The predicted molar refractivity (Wildman–Crippen MR) is 229 cm³/mol. The molecule has 0 saturated heterocycles. The van der Waals surface area contributed by atoms with Gasteiger partial charge in [-0.05, 0) is 127 Å². The molecule has 6 rings (SSSR count). The van der Waals surface area contributed by atoms with Gasteiger partial charge in [-0.3, -0.25) is 0 Å². The maximum absolute atomic E-state index is 6.18. The molecule has 0 aliphatic heterocycles. The van der Waals surface area contributed by atoms with Gasteiger partial charge in [-0.25, -0.2) is 0 Å². The minimum atomic E-state index is -0.0251. The van der Waals surface area contributed by atoms with Crippen molar-refractivity contribution in [2.75, 3.05) is 11.5 Å². The molecule has 0 amide bonds. The summed E-state index contributed by atoms with van der Waals surface area (Å²) in [6.07, 6.45) is 29.5. The molecule has 4 N–H and O–H groups in total. The summed E-state index contributed by atoms with van der Waals surface area (Å²) in [4.78, 5) is 0. The van der Waals surface area contributed by atoms with Gasteiger partial charge in [0.15, 0.2) is 0 Å². The molecule has 4 nitrogen and oxygen atoms in total. The monoisotopic (exact) mass is 729 g/mol. The van der Waals surface area contributed by atoms with Gasteiger partial charge in [0.1, 0.15) is 23.0 Å². The first kappa shape index (κ1) is 39.8. The molecule has 0 radical (unpaired) electrons. The second-order valence-electron chi connectivity index (χ2n) is 16.9. The maximum atomic E-state index is 6.18. The summed E-state index contributed by atoms with van der Waals surface area (Å²) in [5.74, 6) is 6.05. The van der Waals surface area contributed by atoms with Crippen LogP contribution < -0.4 is 20.9 Å². The number of unbranched alkanes of at least 4 members (excludes halogenated alkanes) is 9. The van der Waals surface area contributed by atoms with Crippen molar-refractivity contribution in [1.82, 2.24) is 0 Å². The highest BCUT2D eigenvalue weighted by atomic mass is 16.5. The van der Waals surface area contributed by atoms with Gasteiger partial charge in [0, 0.05) is 16.8 Å². The summed E-state index contributed by atoms with van der Waals surface area (Å²) in [6.45, 7) is 2.31. The average Bonchev–Trinajstić information content (AvgIpc) is 3.21. The van der Waals surface area contributed by atoms with Crippen LogP contribution in [0.25, 0.3) is 0 Å². The van der Waals surface area contributed by atoms with E-state index in [2.05, 4.69) is 55.5 Å². The van der Waals surface area contributed by atoms with Crippen molar-refractivity contribution in [3.05, 3.63) is 108 Å². The van der Waals surface area contributed by atoms with Gasteiger partial charge in [0.05, 0.1) is 0 Å². The van der Waals surface area contributed by atoms with Crippen molar-refractivity contribution >= 4 is 11.4 Å². The maximum Gasteiger partial charge on any atom is 0.127 e. The highest BCUT2D eigenvalue weighted by Gasteiger charge is 2.38. The minimum absolute atomic E-state index is 0.0251. The van der Waals surface area contributed by atoms with Crippen molar-refractivity contribution in [1.29, 1.82) is 0 Å². The van der Waals surface area contributed by atoms with Gasteiger partial charge in [0.2, 0.25) is 0 Å². The Morgan fingerprint density at radius 1 is 0.426 bits per heavy atom. The van der Waals surface area contributed by atoms with Crippen molar-refractivity contribution in [2.45, 2.75) is 147 Å². The first-order valence-electron chi connectivity index (χ1n) is 21.8. The third kappa shape index (κ3) is 11.8. The van der Waals surface area contributed by atoms with Crippen molar-refractivity contribution in [3.8, 4) is 23.0 Å². The summed E-state index contributed by atoms with van der Waals surface area (Å²) >= 11 is 0. The Hall–Kier alpha value is -3.92. The fraction of sp³-hybridized carbons (Fsp3) is 0.520. The predicted octanol–water partition coefficient (Wildman–Crippen LogP) is 14.8. The van der Waals surface area contributed by atoms with Crippen LogP contribution in [-0.2, 0) is 5.41 Å². The van der Waals surface area contributed by atoms with E-state index in [0.29, 0.717) is 0 Å². The zero-order valence-corrected chi connectivity index (χ0v) is 33.3. The molecule has 54 heavy (non-hydrogen) atoms. The molecule has 0 spiro atoms. The molecular weight excluding hydrogens is 661 g/mol. The van der Waals surface area contributed by atoms with E-state index >= 15 is 0 Å². The Labute approximate surface area is 327 Å². The number of hydrogen-bond acceptors (Lipinski definition) is 4. The number of nitrogen functional groups attached to an aromatic ring is 2. The van der Waals surface area contributed by atoms with Crippen LogP contribution in [0.4, 0.5) is 11.4 Å². The lowest BCUT2D eigenvalue weighted by Gasteiger charge is -2.42. The molecule has 2 fully saturated rings. The standard InChI is InChI=1S/C50H68N2O2/c1-2-3-4-5-6-7-8-9-10-11-12-39-13-15-40(16-14-39)17-18-41-35-37-50(38-36-41,42-19-27-46(28-20-42)53-48-31-23-44(51)24-32-48)43-21-29-47(30-22-43)54-49-33-25-45(52)26-34-49/h19-34,39-41H,2-18,35-38,51-52H2,1H3/t39-,40-. The van der Waals surface area contributed by atoms with Crippen LogP contribution in [0.15, 0.2) is 97.1 Å². The van der Waals surface area contributed by atoms with Gasteiger partial charge in [-0.1, -0.05) is 140 Å². The summed E-state index contributed by atoms with van der Waals surface area (Å²) in [5.41, 5.74) is 16.0. The lowest BCUT2D eigenvalue weighted by Crippen LogP contribution is -2.33. The molecule has 0 heterocycles. The van der Waals surface area contributed by atoms with Crippen LogP contribution in [-0.4, -0.2) is 0 Å². The van der Waals surface area contributed by atoms with Crippen LogP contribution in [0.3, 0.4) is 0 Å². The smallest absolute Gasteiger partial charge is 0.127 e. The third-order valence-corrected chi connectivity index (χ3v) is 12.9. The van der Waals surface area contributed by atoms with E-state index in [1.165, 1.54) is 146 Å². The third-order valence-electron chi connectivity index (χ3n) is 12.9. The number of hydrogen-bond donors (Lipinski definition) is 2. The summed E-state index contributed by atoms with van der Waals surface area (Å²) in [7, 11) is 0. The fourth-order valence-electron chi connectivity index (χ4n) is 9.43. The first-order valence-corrected chi connectivity index (χ1v) is 21.8. The topological polar surface area (TPSA) is 70.5 Å². The highest BCUT2D eigenvalue weighted by molar-refractivity contribution is 5.47. The molecule has 4 heteroatoms. The van der Waals surface area contributed by atoms with E-state index in [0.717, 1.165) is 52.1 Å². The van der Waals surface area contributed by atoms with Gasteiger partial charge >= 0.3 is 0 Å². The second kappa shape index (κ2) is 20.7. The molecule has 0 unspecified atom stereocenters. The van der Waals surface area contributed by atoms with E-state index in [4.69, 9.17) is 20.9 Å². The number of benzene rings is 4. The zero-order valence-electron chi connectivity index (χ0n) is 33.3. The Kier molecular flexibility index (Phi) is 15.2. The molecular formula is C50H68N2O2. The quantitative estimate of drug-likeness (QED) is 0.0702. The van der Waals surface area contributed by atoms with E-state index < -0.39 is 0 Å². The van der Waals surface area contributed by atoms with Gasteiger partial charge in [-0.2, -0.15) is 0 Å². The SMILES string of the molecule is CCCCCCCCCCCC[C@H]1CC[C@H](CCC2CCC(c3ccc(Oc4ccc(N)cc4)cc3)(c3ccc(Oc4ccc(N)cc4)cc3)CC2)CC1. The number of ether oxygens (including phenoxy) is 2.